The smallest absolute Gasteiger partial charge is 0.338 e. The third-order valence-electron chi connectivity index (χ3n) is 5.43. The number of carbonyl (C=O) groups is 3. The number of hydrogen-bond donors (Lipinski definition) is 0. The molecule has 190 valence electrons. The molecule has 0 unspecified atom stereocenters. The highest BCUT2D eigenvalue weighted by Crippen LogP contribution is 2.31. The molecule has 1 aromatic heterocycles. The first-order valence-electron chi connectivity index (χ1n) is 11.4. The van der Waals surface area contributed by atoms with E-state index in [0.717, 1.165) is 11.3 Å². The highest BCUT2D eigenvalue weighted by Gasteiger charge is 2.33. The fourth-order valence-corrected chi connectivity index (χ4v) is 5.02. The molecule has 0 amide bonds. The van der Waals surface area contributed by atoms with Gasteiger partial charge in [0.15, 0.2) is 4.80 Å². The van der Waals surface area contributed by atoms with Gasteiger partial charge in [0.05, 0.1) is 28.5 Å². The van der Waals surface area contributed by atoms with Crippen molar-refractivity contribution in [2.45, 2.75) is 33.7 Å². The molecular weight excluding hydrogens is 496 g/mol. The Morgan fingerprint density at radius 1 is 1.03 bits per heavy atom. The van der Waals surface area contributed by atoms with Gasteiger partial charge in [0.2, 0.25) is 0 Å². The average molecular weight is 521 g/mol. The Balaban J connectivity index is 1.91. The minimum atomic E-state index is -0.812. The summed E-state index contributed by atoms with van der Waals surface area (Å²) in [5.74, 6) is -0.856. The van der Waals surface area contributed by atoms with Crippen molar-refractivity contribution in [3.05, 3.63) is 90.6 Å². The van der Waals surface area contributed by atoms with Crippen LogP contribution in [0.25, 0.3) is 6.08 Å². The third kappa shape index (κ3) is 5.44. The number of carbonyl (C=O) groups excluding carboxylic acids is 3. The molecule has 10 heteroatoms. The maximum atomic E-state index is 13.7. The van der Waals surface area contributed by atoms with Crippen LogP contribution >= 0.6 is 11.3 Å². The predicted octanol–water partition coefficient (Wildman–Crippen LogP) is 2.65. The lowest BCUT2D eigenvalue weighted by Crippen LogP contribution is -2.39. The SMILES string of the molecule is CCOC(=O)C1=C(C)N=c2s/c(=C/c3ccccc3OC(C)=O)c(=O)n2[C@H]1c1ccc(OC(C)=O)cc1. The monoisotopic (exact) mass is 520 g/mol. The van der Waals surface area contributed by atoms with Crippen LogP contribution in [0.15, 0.2) is 69.6 Å². The van der Waals surface area contributed by atoms with E-state index in [-0.39, 0.29) is 17.7 Å². The van der Waals surface area contributed by atoms with E-state index in [1.807, 2.05) is 0 Å². The fourth-order valence-electron chi connectivity index (χ4n) is 3.98. The Labute approximate surface area is 215 Å². The lowest BCUT2D eigenvalue weighted by atomic mass is 9.96. The molecule has 1 aliphatic heterocycles. The van der Waals surface area contributed by atoms with E-state index >= 15 is 0 Å². The molecular formula is C27H24N2O7S. The van der Waals surface area contributed by atoms with Gasteiger partial charge in [0.1, 0.15) is 11.5 Å². The van der Waals surface area contributed by atoms with E-state index in [1.165, 1.54) is 18.4 Å². The van der Waals surface area contributed by atoms with Crippen molar-refractivity contribution in [3.63, 3.8) is 0 Å². The molecule has 2 heterocycles. The molecule has 37 heavy (non-hydrogen) atoms. The second-order valence-electron chi connectivity index (χ2n) is 8.10. The molecule has 1 aliphatic rings. The molecule has 0 N–H and O–H groups in total. The zero-order valence-corrected chi connectivity index (χ0v) is 21.5. The highest BCUT2D eigenvalue weighted by molar-refractivity contribution is 7.07. The zero-order valence-electron chi connectivity index (χ0n) is 20.6. The van der Waals surface area contributed by atoms with Crippen LogP contribution in [0.2, 0.25) is 0 Å². The number of rotatable bonds is 6. The molecule has 0 saturated heterocycles. The van der Waals surface area contributed by atoms with Crippen molar-refractivity contribution in [3.8, 4) is 11.5 Å². The van der Waals surface area contributed by atoms with Gasteiger partial charge < -0.3 is 14.2 Å². The molecule has 0 bridgehead atoms. The van der Waals surface area contributed by atoms with Crippen LogP contribution in [0.1, 0.15) is 44.9 Å². The topological polar surface area (TPSA) is 113 Å². The van der Waals surface area contributed by atoms with Gasteiger partial charge in [-0.3, -0.25) is 19.0 Å². The van der Waals surface area contributed by atoms with Crippen molar-refractivity contribution in [1.82, 2.24) is 4.57 Å². The zero-order chi connectivity index (χ0) is 26.7. The first kappa shape index (κ1) is 25.8. The molecule has 1 atom stereocenters. The molecule has 0 spiro atoms. The summed E-state index contributed by atoms with van der Waals surface area (Å²) < 4.78 is 17.5. The van der Waals surface area contributed by atoms with Gasteiger partial charge in [-0.15, -0.1) is 0 Å². The Morgan fingerprint density at radius 2 is 1.70 bits per heavy atom. The molecule has 3 aromatic rings. The lowest BCUT2D eigenvalue weighted by molar-refractivity contribution is -0.139. The summed E-state index contributed by atoms with van der Waals surface area (Å²) in [5, 5.41) is 0. The quantitative estimate of drug-likeness (QED) is 0.363. The number of thiazole rings is 1. The molecule has 9 nitrogen and oxygen atoms in total. The first-order valence-corrected chi connectivity index (χ1v) is 12.3. The van der Waals surface area contributed by atoms with Crippen LogP contribution in [-0.4, -0.2) is 29.1 Å². The van der Waals surface area contributed by atoms with Gasteiger partial charge >= 0.3 is 17.9 Å². The summed E-state index contributed by atoms with van der Waals surface area (Å²) in [7, 11) is 0. The first-order chi connectivity index (χ1) is 17.7. The summed E-state index contributed by atoms with van der Waals surface area (Å²) in [6, 6.07) is 12.6. The molecule has 0 aliphatic carbocycles. The normalized spacial score (nSPS) is 15.0. The summed E-state index contributed by atoms with van der Waals surface area (Å²) in [6.45, 7) is 6.16. The Hall–Kier alpha value is -4.31. The number of benzene rings is 2. The van der Waals surface area contributed by atoms with Crippen LogP contribution in [0.3, 0.4) is 0 Å². The van der Waals surface area contributed by atoms with Crippen LogP contribution in [0.4, 0.5) is 0 Å². The lowest BCUT2D eigenvalue weighted by Gasteiger charge is -2.24. The second kappa shape index (κ2) is 10.8. The second-order valence-corrected chi connectivity index (χ2v) is 9.11. The number of fused-ring (bicyclic) bond motifs is 1. The van der Waals surface area contributed by atoms with Gasteiger partial charge in [-0.05, 0) is 43.7 Å². The molecule has 2 aromatic carbocycles. The average Bonchev–Trinajstić information content (AvgIpc) is 3.14. The van der Waals surface area contributed by atoms with E-state index in [0.29, 0.717) is 37.7 Å². The number of esters is 3. The van der Waals surface area contributed by atoms with E-state index in [1.54, 1.807) is 68.5 Å². The van der Waals surface area contributed by atoms with Crippen molar-refractivity contribution in [2.24, 2.45) is 4.99 Å². The minimum absolute atomic E-state index is 0.158. The van der Waals surface area contributed by atoms with Gasteiger partial charge in [-0.1, -0.05) is 41.7 Å². The van der Waals surface area contributed by atoms with E-state index in [2.05, 4.69) is 4.99 Å². The number of allylic oxidation sites excluding steroid dienone is 1. The van der Waals surface area contributed by atoms with Crippen LogP contribution in [0, 0.1) is 0 Å². The van der Waals surface area contributed by atoms with Gasteiger partial charge in [-0.25, -0.2) is 9.79 Å². The van der Waals surface area contributed by atoms with Crippen LogP contribution in [-0.2, 0) is 19.1 Å². The minimum Gasteiger partial charge on any atom is -0.463 e. The van der Waals surface area contributed by atoms with Crippen LogP contribution < -0.4 is 24.4 Å². The predicted molar refractivity (Wildman–Crippen MR) is 136 cm³/mol. The van der Waals surface area contributed by atoms with Gasteiger partial charge in [0.25, 0.3) is 5.56 Å². The Kier molecular flexibility index (Phi) is 7.49. The van der Waals surface area contributed by atoms with Crippen molar-refractivity contribution >= 4 is 35.3 Å². The Bertz CT molecular complexity index is 1600. The molecule has 4 rings (SSSR count). The summed E-state index contributed by atoms with van der Waals surface area (Å²) in [6.07, 6.45) is 1.63. The Morgan fingerprint density at radius 3 is 2.35 bits per heavy atom. The largest absolute Gasteiger partial charge is 0.463 e. The van der Waals surface area contributed by atoms with E-state index in [4.69, 9.17) is 14.2 Å². The maximum absolute atomic E-state index is 13.7. The number of nitrogens with zero attached hydrogens (tertiary/aromatic N) is 2. The summed E-state index contributed by atoms with van der Waals surface area (Å²) in [5.41, 5.74) is 1.46. The third-order valence-corrected chi connectivity index (χ3v) is 6.42. The maximum Gasteiger partial charge on any atom is 0.338 e. The summed E-state index contributed by atoms with van der Waals surface area (Å²) in [4.78, 5) is 54.5. The van der Waals surface area contributed by atoms with Gasteiger partial charge in [0, 0.05) is 19.4 Å². The van der Waals surface area contributed by atoms with Crippen molar-refractivity contribution in [1.29, 1.82) is 0 Å². The fraction of sp³-hybridized carbons (Fsp3) is 0.222. The van der Waals surface area contributed by atoms with Crippen molar-refractivity contribution in [2.75, 3.05) is 6.61 Å². The highest BCUT2D eigenvalue weighted by atomic mass is 32.1. The van der Waals surface area contributed by atoms with Crippen molar-refractivity contribution < 1.29 is 28.6 Å². The molecule has 0 fully saturated rings. The standard InChI is InChI=1S/C27H24N2O7S/c1-5-34-26(33)23-15(2)28-27-29(24(23)18-10-12-20(13-11-18)35-16(3)30)25(32)22(37-27)14-19-8-6-7-9-21(19)36-17(4)31/h6-14,24H,5H2,1-4H3/b22-14+/t24-/m0/s1. The van der Waals surface area contributed by atoms with Gasteiger partial charge in [-0.2, -0.15) is 0 Å². The number of hydrogen-bond acceptors (Lipinski definition) is 9. The number of aromatic nitrogens is 1. The van der Waals surface area contributed by atoms with E-state index in [9.17, 15) is 19.2 Å². The van der Waals surface area contributed by atoms with E-state index < -0.39 is 23.9 Å². The molecule has 0 saturated carbocycles. The number of para-hydroxylation sites is 1. The van der Waals surface area contributed by atoms with Crippen LogP contribution in [0.5, 0.6) is 11.5 Å². The molecule has 0 radical (unpaired) electrons. The summed E-state index contributed by atoms with van der Waals surface area (Å²) >= 11 is 1.16. The number of ether oxygens (including phenoxy) is 3.